The van der Waals surface area contributed by atoms with Gasteiger partial charge in [0.05, 0.1) is 12.1 Å². The molecule has 0 fully saturated rings. The Balaban J connectivity index is 1.93. The number of carbonyl (C=O) groups excluding carboxylic acids is 3. The highest BCUT2D eigenvalue weighted by atomic mass is 16.3. The molecule has 2 amide bonds. The van der Waals surface area contributed by atoms with Crippen LogP contribution >= 0.6 is 0 Å². The van der Waals surface area contributed by atoms with Crippen LogP contribution in [0.15, 0.2) is 48.5 Å². The molecule has 134 valence electrons. The molecule has 2 aromatic rings. The van der Waals surface area contributed by atoms with Gasteiger partial charge < -0.3 is 10.8 Å². The van der Waals surface area contributed by atoms with Gasteiger partial charge in [-0.15, -0.1) is 0 Å². The number of nitrogens with two attached hydrogens (primary N) is 1. The predicted molar refractivity (Wildman–Crippen MR) is 96.7 cm³/mol. The van der Waals surface area contributed by atoms with Crippen molar-refractivity contribution < 1.29 is 19.5 Å². The lowest BCUT2D eigenvalue weighted by Crippen LogP contribution is -2.44. The van der Waals surface area contributed by atoms with Gasteiger partial charge in [-0.05, 0) is 18.1 Å². The maximum absolute atomic E-state index is 12.8. The number of hydrogen-bond donors (Lipinski definition) is 2. The summed E-state index contributed by atoms with van der Waals surface area (Å²) < 4.78 is 0. The van der Waals surface area contributed by atoms with Crippen LogP contribution < -0.4 is 10.6 Å². The van der Waals surface area contributed by atoms with Gasteiger partial charge in [-0.25, -0.2) is 0 Å². The Morgan fingerprint density at radius 3 is 2.38 bits per heavy atom. The third kappa shape index (κ3) is 2.99. The summed E-state index contributed by atoms with van der Waals surface area (Å²) in [6, 6.07) is 13.6. The number of para-hydroxylation sites is 1. The van der Waals surface area contributed by atoms with Crippen molar-refractivity contribution in [1.29, 1.82) is 0 Å². The van der Waals surface area contributed by atoms with Crippen molar-refractivity contribution in [3.63, 3.8) is 0 Å². The third-order valence-electron chi connectivity index (χ3n) is 4.65. The SMILES string of the molecule is CCc1ccc(C(=O)C[C@]2(O)C(=O)N(CC(N)=O)c3ccccc32)cc1. The number of rotatable bonds is 6. The van der Waals surface area contributed by atoms with Crippen LogP contribution in [0.5, 0.6) is 0 Å². The maximum atomic E-state index is 12.8. The predicted octanol–water partition coefficient (Wildman–Crippen LogP) is 1.54. The van der Waals surface area contributed by atoms with Crippen LogP contribution in [-0.2, 0) is 21.6 Å². The Morgan fingerprint density at radius 1 is 1.12 bits per heavy atom. The van der Waals surface area contributed by atoms with E-state index in [0.29, 0.717) is 16.8 Å². The maximum Gasteiger partial charge on any atom is 0.264 e. The van der Waals surface area contributed by atoms with E-state index >= 15 is 0 Å². The molecule has 0 aliphatic carbocycles. The van der Waals surface area contributed by atoms with Crippen LogP contribution in [0.2, 0.25) is 0 Å². The summed E-state index contributed by atoms with van der Waals surface area (Å²) >= 11 is 0. The average molecular weight is 352 g/mol. The lowest BCUT2D eigenvalue weighted by atomic mass is 9.88. The highest BCUT2D eigenvalue weighted by molar-refractivity contribution is 6.12. The van der Waals surface area contributed by atoms with E-state index in [-0.39, 0.29) is 12.3 Å². The number of primary amides is 1. The number of nitrogens with zero attached hydrogens (tertiary/aromatic N) is 1. The first kappa shape index (κ1) is 17.8. The van der Waals surface area contributed by atoms with Gasteiger partial charge in [0.25, 0.3) is 5.91 Å². The molecular weight excluding hydrogens is 332 g/mol. The van der Waals surface area contributed by atoms with Gasteiger partial charge in [0.1, 0.15) is 6.54 Å². The average Bonchev–Trinajstić information content (AvgIpc) is 2.84. The van der Waals surface area contributed by atoms with E-state index in [1.807, 2.05) is 19.1 Å². The fourth-order valence-electron chi connectivity index (χ4n) is 3.25. The van der Waals surface area contributed by atoms with Crippen LogP contribution in [0, 0.1) is 0 Å². The minimum Gasteiger partial charge on any atom is -0.375 e. The van der Waals surface area contributed by atoms with Crippen molar-refractivity contribution in [3.05, 3.63) is 65.2 Å². The summed E-state index contributed by atoms with van der Waals surface area (Å²) in [5.74, 6) is -1.76. The Morgan fingerprint density at radius 2 is 1.77 bits per heavy atom. The minimum atomic E-state index is -2.01. The molecule has 3 rings (SSSR count). The smallest absolute Gasteiger partial charge is 0.264 e. The highest BCUT2D eigenvalue weighted by Crippen LogP contribution is 2.42. The molecule has 3 N–H and O–H groups in total. The molecule has 0 saturated carbocycles. The fraction of sp³-hybridized carbons (Fsp3) is 0.250. The summed E-state index contributed by atoms with van der Waals surface area (Å²) in [6.45, 7) is 1.67. The molecule has 2 aromatic carbocycles. The van der Waals surface area contributed by atoms with Gasteiger partial charge in [0.2, 0.25) is 5.91 Å². The molecule has 0 saturated heterocycles. The Kier molecular flexibility index (Phi) is 4.61. The van der Waals surface area contributed by atoms with Crippen molar-refractivity contribution >= 4 is 23.3 Å². The second kappa shape index (κ2) is 6.72. The number of hydrogen-bond acceptors (Lipinski definition) is 4. The van der Waals surface area contributed by atoms with E-state index in [9.17, 15) is 19.5 Å². The number of benzene rings is 2. The normalized spacial score (nSPS) is 18.7. The highest BCUT2D eigenvalue weighted by Gasteiger charge is 2.51. The van der Waals surface area contributed by atoms with E-state index in [0.717, 1.165) is 16.9 Å². The lowest BCUT2D eigenvalue weighted by Gasteiger charge is -2.22. The molecule has 1 heterocycles. The topological polar surface area (TPSA) is 101 Å². The number of amides is 2. The number of fused-ring (bicyclic) bond motifs is 1. The van der Waals surface area contributed by atoms with E-state index in [1.54, 1.807) is 36.4 Å². The number of aryl methyl sites for hydroxylation is 1. The first-order valence-electron chi connectivity index (χ1n) is 8.41. The molecule has 0 unspecified atom stereocenters. The summed E-state index contributed by atoms with van der Waals surface area (Å²) in [7, 11) is 0. The largest absolute Gasteiger partial charge is 0.375 e. The molecule has 0 bridgehead atoms. The van der Waals surface area contributed by atoms with Crippen molar-refractivity contribution in [2.24, 2.45) is 5.73 Å². The van der Waals surface area contributed by atoms with Crippen molar-refractivity contribution in [3.8, 4) is 0 Å². The summed E-state index contributed by atoms with van der Waals surface area (Å²) in [6.07, 6.45) is 0.454. The van der Waals surface area contributed by atoms with Gasteiger partial charge in [0, 0.05) is 11.1 Å². The van der Waals surface area contributed by atoms with Crippen LogP contribution in [-0.4, -0.2) is 29.2 Å². The van der Waals surface area contributed by atoms with Gasteiger partial charge in [0.15, 0.2) is 11.4 Å². The summed E-state index contributed by atoms with van der Waals surface area (Å²) in [4.78, 5) is 37.9. The number of aliphatic hydroxyl groups is 1. The molecule has 0 radical (unpaired) electrons. The molecule has 6 heteroatoms. The van der Waals surface area contributed by atoms with Gasteiger partial charge in [-0.3, -0.25) is 19.3 Å². The Hall–Kier alpha value is -2.99. The second-order valence-corrected chi connectivity index (χ2v) is 6.39. The lowest BCUT2D eigenvalue weighted by molar-refractivity contribution is -0.136. The van der Waals surface area contributed by atoms with Crippen LogP contribution in [0.3, 0.4) is 0 Å². The number of ketones is 1. The fourth-order valence-corrected chi connectivity index (χ4v) is 3.25. The van der Waals surface area contributed by atoms with Crippen LogP contribution in [0.1, 0.15) is 34.8 Å². The zero-order valence-electron chi connectivity index (χ0n) is 14.4. The monoisotopic (exact) mass is 352 g/mol. The van der Waals surface area contributed by atoms with E-state index in [2.05, 4.69) is 0 Å². The first-order chi connectivity index (χ1) is 12.4. The van der Waals surface area contributed by atoms with Gasteiger partial charge in [-0.1, -0.05) is 49.4 Å². The molecule has 0 spiro atoms. The van der Waals surface area contributed by atoms with Gasteiger partial charge >= 0.3 is 0 Å². The first-order valence-corrected chi connectivity index (χ1v) is 8.41. The van der Waals surface area contributed by atoms with E-state index in [1.165, 1.54) is 0 Å². The summed E-state index contributed by atoms with van der Waals surface area (Å²) in [5, 5.41) is 11.1. The quantitative estimate of drug-likeness (QED) is 0.770. The van der Waals surface area contributed by atoms with Crippen molar-refractivity contribution in [2.45, 2.75) is 25.4 Å². The van der Waals surface area contributed by atoms with E-state index < -0.39 is 23.8 Å². The molecule has 1 aliphatic rings. The van der Waals surface area contributed by atoms with Crippen LogP contribution in [0.25, 0.3) is 0 Å². The zero-order valence-corrected chi connectivity index (χ0v) is 14.4. The molecule has 26 heavy (non-hydrogen) atoms. The number of anilines is 1. The second-order valence-electron chi connectivity index (χ2n) is 6.39. The third-order valence-corrected chi connectivity index (χ3v) is 4.65. The molecule has 0 aromatic heterocycles. The van der Waals surface area contributed by atoms with Crippen molar-refractivity contribution in [2.75, 3.05) is 11.4 Å². The Bertz CT molecular complexity index is 876. The number of Topliss-reactive ketones (excluding diaryl/α,β-unsaturated/α-hetero) is 1. The van der Waals surface area contributed by atoms with Crippen molar-refractivity contribution in [1.82, 2.24) is 0 Å². The zero-order chi connectivity index (χ0) is 18.9. The summed E-state index contributed by atoms with van der Waals surface area (Å²) in [5.41, 5.74) is 5.44. The Labute approximate surface area is 151 Å². The molecule has 6 nitrogen and oxygen atoms in total. The molecule has 1 atom stereocenters. The van der Waals surface area contributed by atoms with E-state index in [4.69, 9.17) is 5.73 Å². The molecular formula is C20H20N2O4. The van der Waals surface area contributed by atoms with Crippen LogP contribution in [0.4, 0.5) is 5.69 Å². The minimum absolute atomic E-state index is 0.310. The molecule has 1 aliphatic heterocycles. The standard InChI is InChI=1S/C20H20N2O4/c1-2-13-7-9-14(10-8-13)17(23)11-20(26)15-5-3-4-6-16(15)22(19(20)25)12-18(21)24/h3-10,26H,2,11-12H2,1H3,(H2,21,24)/t20-/m1/s1. The van der Waals surface area contributed by atoms with Gasteiger partial charge in [-0.2, -0.15) is 0 Å². The number of carbonyl (C=O) groups is 3.